The van der Waals surface area contributed by atoms with Gasteiger partial charge in [0.05, 0.1) is 4.92 Å². The zero-order valence-corrected chi connectivity index (χ0v) is 11.6. The molecule has 0 radical (unpaired) electrons. The van der Waals surface area contributed by atoms with Crippen molar-refractivity contribution in [1.29, 1.82) is 0 Å². The second kappa shape index (κ2) is 6.68. The number of nitro groups is 1. The predicted molar refractivity (Wildman–Crippen MR) is 73.0 cm³/mol. The molecule has 0 fully saturated rings. The summed E-state index contributed by atoms with van der Waals surface area (Å²) in [5.74, 6) is 0. The topological polar surface area (TPSA) is 49.6 Å². The van der Waals surface area contributed by atoms with E-state index >= 15 is 0 Å². The van der Waals surface area contributed by atoms with E-state index in [1.807, 2.05) is 21.1 Å². The lowest BCUT2D eigenvalue weighted by atomic mass is 10.2. The predicted octanol–water partition coefficient (Wildman–Crippen LogP) is 2.24. The van der Waals surface area contributed by atoms with Crippen molar-refractivity contribution in [2.24, 2.45) is 0 Å². The average Bonchev–Trinajstić information content (AvgIpc) is 2.29. The van der Waals surface area contributed by atoms with Gasteiger partial charge in [-0.3, -0.25) is 10.1 Å². The number of non-ortho nitro benzene ring substituents is 1. The zero-order valence-electron chi connectivity index (χ0n) is 10.9. The van der Waals surface area contributed by atoms with E-state index in [1.165, 1.54) is 12.1 Å². The largest absolute Gasteiger partial charge is 0.308 e. The molecule has 0 N–H and O–H groups in total. The number of rotatable bonds is 6. The molecule has 6 heteroatoms. The maximum atomic E-state index is 10.7. The molecular weight excluding hydrogens is 254 g/mol. The molecule has 0 aliphatic heterocycles. The second-order valence-corrected chi connectivity index (χ2v) is 4.98. The summed E-state index contributed by atoms with van der Waals surface area (Å²) in [6.07, 6.45) is 0. The molecule has 0 saturated carbocycles. The number of likely N-dealkylation sites (N-methyl/N-ethyl adjacent to an activating group) is 2. The molecule has 0 unspecified atom stereocenters. The Hall–Kier alpha value is -1.17. The highest BCUT2D eigenvalue weighted by Gasteiger charge is 2.11. The Bertz CT molecular complexity index is 424. The maximum absolute atomic E-state index is 10.7. The number of halogens is 1. The highest BCUT2D eigenvalue weighted by atomic mass is 35.5. The van der Waals surface area contributed by atoms with Gasteiger partial charge in [0.1, 0.15) is 0 Å². The standard InChI is InChI=1S/C12H18ClN3O2/c1-14(2)6-7-15(3)9-10-8-11(16(17)18)4-5-12(10)13/h4-5,8H,6-7,9H2,1-3H3. The number of hydrogen-bond acceptors (Lipinski definition) is 4. The highest BCUT2D eigenvalue weighted by molar-refractivity contribution is 6.31. The number of benzene rings is 1. The average molecular weight is 272 g/mol. The lowest BCUT2D eigenvalue weighted by Gasteiger charge is -2.19. The van der Waals surface area contributed by atoms with Crippen molar-refractivity contribution in [3.63, 3.8) is 0 Å². The van der Waals surface area contributed by atoms with Crippen LogP contribution >= 0.6 is 11.6 Å². The van der Waals surface area contributed by atoms with Crippen molar-refractivity contribution in [3.8, 4) is 0 Å². The molecule has 0 aliphatic carbocycles. The van der Waals surface area contributed by atoms with Crippen LogP contribution in [0.15, 0.2) is 18.2 Å². The molecular formula is C12H18ClN3O2. The third kappa shape index (κ3) is 4.60. The van der Waals surface area contributed by atoms with E-state index in [0.717, 1.165) is 18.7 Å². The molecule has 0 heterocycles. The first-order chi connectivity index (χ1) is 8.40. The van der Waals surface area contributed by atoms with E-state index in [2.05, 4.69) is 9.80 Å². The molecule has 0 amide bonds. The summed E-state index contributed by atoms with van der Waals surface area (Å²) >= 11 is 6.05. The minimum atomic E-state index is -0.403. The first kappa shape index (κ1) is 14.9. The molecule has 1 rings (SSSR count). The number of hydrogen-bond donors (Lipinski definition) is 0. The Morgan fingerprint density at radius 1 is 1.28 bits per heavy atom. The molecule has 5 nitrogen and oxygen atoms in total. The molecule has 100 valence electrons. The Morgan fingerprint density at radius 3 is 2.50 bits per heavy atom. The fraction of sp³-hybridized carbons (Fsp3) is 0.500. The Kier molecular flexibility index (Phi) is 5.53. The van der Waals surface area contributed by atoms with Crippen molar-refractivity contribution in [2.75, 3.05) is 34.2 Å². The van der Waals surface area contributed by atoms with Crippen LogP contribution in [0.4, 0.5) is 5.69 Å². The Labute approximate surface area is 112 Å². The third-order valence-electron chi connectivity index (χ3n) is 2.61. The van der Waals surface area contributed by atoms with Gasteiger partial charge < -0.3 is 9.80 Å². The lowest BCUT2D eigenvalue weighted by Crippen LogP contribution is -2.28. The van der Waals surface area contributed by atoms with E-state index in [1.54, 1.807) is 6.07 Å². The van der Waals surface area contributed by atoms with E-state index in [0.29, 0.717) is 11.6 Å². The van der Waals surface area contributed by atoms with Crippen LogP contribution in [0.1, 0.15) is 5.56 Å². The fourth-order valence-electron chi connectivity index (χ4n) is 1.54. The highest BCUT2D eigenvalue weighted by Crippen LogP contribution is 2.22. The summed E-state index contributed by atoms with van der Waals surface area (Å²) in [6.45, 7) is 2.42. The first-order valence-electron chi connectivity index (χ1n) is 5.66. The smallest absolute Gasteiger partial charge is 0.269 e. The first-order valence-corrected chi connectivity index (χ1v) is 6.04. The quantitative estimate of drug-likeness (QED) is 0.588. The summed E-state index contributed by atoms with van der Waals surface area (Å²) in [5, 5.41) is 11.3. The van der Waals surface area contributed by atoms with Gasteiger partial charge in [0.25, 0.3) is 5.69 Å². The molecule has 0 bridgehead atoms. The van der Waals surface area contributed by atoms with Gasteiger partial charge in [-0.1, -0.05) is 11.6 Å². The molecule has 0 aliphatic rings. The normalized spacial score (nSPS) is 11.2. The van der Waals surface area contributed by atoms with Crippen LogP contribution in [0, 0.1) is 10.1 Å². The van der Waals surface area contributed by atoms with Gasteiger partial charge in [-0.05, 0) is 32.8 Å². The lowest BCUT2D eigenvalue weighted by molar-refractivity contribution is -0.384. The molecule has 1 aromatic carbocycles. The van der Waals surface area contributed by atoms with Crippen molar-refractivity contribution in [2.45, 2.75) is 6.54 Å². The molecule has 0 spiro atoms. The molecule has 18 heavy (non-hydrogen) atoms. The molecule has 0 atom stereocenters. The van der Waals surface area contributed by atoms with E-state index in [4.69, 9.17) is 11.6 Å². The van der Waals surface area contributed by atoms with Crippen LogP contribution in [-0.4, -0.2) is 49.0 Å². The SMILES string of the molecule is CN(C)CCN(C)Cc1cc([N+](=O)[O-])ccc1Cl. The maximum Gasteiger partial charge on any atom is 0.269 e. The van der Waals surface area contributed by atoms with Crippen molar-refractivity contribution >= 4 is 17.3 Å². The van der Waals surface area contributed by atoms with Crippen LogP contribution in [0.5, 0.6) is 0 Å². The summed E-state index contributed by atoms with van der Waals surface area (Å²) in [7, 11) is 5.99. The monoisotopic (exact) mass is 271 g/mol. The van der Waals surface area contributed by atoms with E-state index < -0.39 is 4.92 Å². The summed E-state index contributed by atoms with van der Waals surface area (Å²) in [4.78, 5) is 14.5. The van der Waals surface area contributed by atoms with Crippen LogP contribution < -0.4 is 0 Å². The van der Waals surface area contributed by atoms with Gasteiger partial charge in [-0.25, -0.2) is 0 Å². The number of nitro benzene ring substituents is 1. The van der Waals surface area contributed by atoms with Crippen LogP contribution in [0.2, 0.25) is 5.02 Å². The summed E-state index contributed by atoms with van der Waals surface area (Å²) in [5.41, 5.74) is 0.863. The van der Waals surface area contributed by atoms with Crippen molar-refractivity contribution in [3.05, 3.63) is 38.9 Å². The van der Waals surface area contributed by atoms with Crippen LogP contribution in [-0.2, 0) is 6.54 Å². The van der Waals surface area contributed by atoms with E-state index in [-0.39, 0.29) is 5.69 Å². The van der Waals surface area contributed by atoms with Gasteiger partial charge in [0.2, 0.25) is 0 Å². The van der Waals surface area contributed by atoms with Crippen molar-refractivity contribution < 1.29 is 4.92 Å². The second-order valence-electron chi connectivity index (χ2n) is 4.57. The van der Waals surface area contributed by atoms with Gasteiger partial charge >= 0.3 is 0 Å². The molecule has 0 aromatic heterocycles. The fourth-order valence-corrected chi connectivity index (χ4v) is 1.71. The summed E-state index contributed by atoms with van der Waals surface area (Å²) in [6, 6.07) is 4.54. The third-order valence-corrected chi connectivity index (χ3v) is 2.98. The van der Waals surface area contributed by atoms with E-state index in [9.17, 15) is 10.1 Å². The van der Waals surface area contributed by atoms with Gasteiger partial charge in [0.15, 0.2) is 0 Å². The van der Waals surface area contributed by atoms with Crippen LogP contribution in [0.25, 0.3) is 0 Å². The van der Waals surface area contributed by atoms with Gasteiger partial charge in [-0.15, -0.1) is 0 Å². The van der Waals surface area contributed by atoms with Gasteiger partial charge in [0, 0.05) is 36.8 Å². The Balaban J connectivity index is 2.71. The minimum absolute atomic E-state index is 0.0791. The molecule has 0 saturated heterocycles. The number of nitrogens with zero attached hydrogens (tertiary/aromatic N) is 3. The Morgan fingerprint density at radius 2 is 1.94 bits per heavy atom. The van der Waals surface area contributed by atoms with Crippen molar-refractivity contribution in [1.82, 2.24) is 9.80 Å². The minimum Gasteiger partial charge on any atom is -0.308 e. The molecule has 1 aromatic rings. The van der Waals surface area contributed by atoms with Gasteiger partial charge in [-0.2, -0.15) is 0 Å². The zero-order chi connectivity index (χ0) is 13.7. The van der Waals surface area contributed by atoms with Crippen LogP contribution in [0.3, 0.4) is 0 Å². The summed E-state index contributed by atoms with van der Waals surface area (Å²) < 4.78 is 0.